The fraction of sp³-hybridized carbons (Fsp3) is 0.700. The third-order valence-electron chi connectivity index (χ3n) is 7.46. The van der Waals surface area contributed by atoms with E-state index in [1.54, 1.807) is 6.08 Å². The molecule has 1 aliphatic heterocycles. The number of ether oxygens (including phenoxy) is 1. The molecule has 0 unspecified atom stereocenters. The summed E-state index contributed by atoms with van der Waals surface area (Å²) in [7, 11) is 0. The van der Waals surface area contributed by atoms with E-state index in [2.05, 4.69) is 6.92 Å². The van der Waals surface area contributed by atoms with Gasteiger partial charge in [-0.25, -0.2) is 4.79 Å². The van der Waals surface area contributed by atoms with Crippen molar-refractivity contribution in [2.24, 2.45) is 22.7 Å². The average Bonchev–Trinajstić information content (AvgIpc) is 2.90. The molecular weight excluding hydrogens is 336 g/mol. The van der Waals surface area contributed by atoms with E-state index < -0.39 is 36.3 Å². The molecule has 26 heavy (non-hydrogen) atoms. The van der Waals surface area contributed by atoms with E-state index >= 15 is 0 Å². The fourth-order valence-corrected chi connectivity index (χ4v) is 6.03. The lowest BCUT2D eigenvalue weighted by Crippen LogP contribution is -2.61. The van der Waals surface area contributed by atoms with Crippen LogP contribution in [-0.4, -0.2) is 52.0 Å². The van der Waals surface area contributed by atoms with Gasteiger partial charge in [0, 0.05) is 23.3 Å². The van der Waals surface area contributed by atoms with Crippen molar-refractivity contribution in [3.8, 4) is 0 Å². The van der Waals surface area contributed by atoms with Gasteiger partial charge in [-0.15, -0.1) is 0 Å². The molecule has 0 aromatic rings. The molecule has 6 nitrogen and oxygen atoms in total. The Hall–Kier alpha value is -1.50. The van der Waals surface area contributed by atoms with Crippen LogP contribution < -0.4 is 0 Å². The summed E-state index contributed by atoms with van der Waals surface area (Å²) >= 11 is 0. The number of esters is 1. The fourth-order valence-electron chi connectivity index (χ4n) is 6.03. The Balaban J connectivity index is 1.85. The lowest BCUT2D eigenvalue weighted by atomic mass is 9.45. The van der Waals surface area contributed by atoms with Crippen LogP contribution in [0.3, 0.4) is 0 Å². The molecule has 142 valence electrons. The first-order valence-corrected chi connectivity index (χ1v) is 9.28. The Morgan fingerprint density at radius 1 is 1.23 bits per heavy atom. The van der Waals surface area contributed by atoms with Crippen LogP contribution in [-0.2, 0) is 14.3 Å². The maximum Gasteiger partial charge on any atom is 0.337 e. The summed E-state index contributed by atoms with van der Waals surface area (Å²) in [6.45, 7) is 5.49. The number of aliphatic hydroxyl groups excluding tert-OH is 3. The van der Waals surface area contributed by atoms with Gasteiger partial charge in [-0.3, -0.25) is 4.79 Å². The predicted molar refractivity (Wildman–Crippen MR) is 91.8 cm³/mol. The molecule has 0 radical (unpaired) electrons. The van der Waals surface area contributed by atoms with Gasteiger partial charge < -0.3 is 20.1 Å². The first-order chi connectivity index (χ1) is 12.1. The van der Waals surface area contributed by atoms with Crippen molar-refractivity contribution in [3.05, 3.63) is 22.8 Å². The molecule has 3 N–H and O–H groups in total. The molecular formula is C20H26O6. The first kappa shape index (κ1) is 17.9. The number of hydrogen-bond acceptors (Lipinski definition) is 6. The summed E-state index contributed by atoms with van der Waals surface area (Å²) in [5.41, 5.74) is 0.374. The Kier molecular flexibility index (Phi) is 3.79. The van der Waals surface area contributed by atoms with Crippen LogP contribution in [0.1, 0.15) is 40.0 Å². The van der Waals surface area contributed by atoms with Crippen LogP contribution in [0.25, 0.3) is 0 Å². The maximum absolute atomic E-state index is 12.5. The normalized spacial score (nSPS) is 44.1. The van der Waals surface area contributed by atoms with Gasteiger partial charge in [0.05, 0.1) is 18.3 Å². The summed E-state index contributed by atoms with van der Waals surface area (Å²) in [4.78, 5) is 24.5. The molecule has 6 atom stereocenters. The molecule has 0 saturated heterocycles. The zero-order chi connectivity index (χ0) is 19.0. The number of carbonyl (C=O) groups is 2. The quantitative estimate of drug-likeness (QED) is 0.599. The van der Waals surface area contributed by atoms with Gasteiger partial charge >= 0.3 is 5.97 Å². The number of Topliss-reactive ketones (excluding diaryl/α,β-unsaturated/α-hetero) is 1. The van der Waals surface area contributed by atoms with Crippen molar-refractivity contribution in [3.63, 3.8) is 0 Å². The van der Waals surface area contributed by atoms with Gasteiger partial charge in [0.15, 0.2) is 6.10 Å². The number of ketones is 1. The maximum atomic E-state index is 12.5. The SMILES string of the molecule is CC1(C)C(=O)CC[C@]2(C)[C@@H]1C[C@H](O)C1=CC3=C(CO)C(=O)O[C@@H]3[C@@H](O)[C@H]12. The highest BCUT2D eigenvalue weighted by Crippen LogP contribution is 2.62. The second-order valence-corrected chi connectivity index (χ2v) is 8.99. The molecule has 0 bridgehead atoms. The van der Waals surface area contributed by atoms with Crippen molar-refractivity contribution in [1.29, 1.82) is 0 Å². The van der Waals surface area contributed by atoms with E-state index in [0.717, 1.165) is 0 Å². The summed E-state index contributed by atoms with van der Waals surface area (Å²) in [6.07, 6.45) is 0.674. The monoisotopic (exact) mass is 362 g/mol. The first-order valence-electron chi connectivity index (χ1n) is 9.28. The zero-order valence-corrected chi connectivity index (χ0v) is 15.4. The van der Waals surface area contributed by atoms with Crippen LogP contribution in [0.4, 0.5) is 0 Å². The predicted octanol–water partition coefficient (Wildman–Crippen LogP) is 0.894. The number of fused-ring (bicyclic) bond motifs is 4. The molecule has 4 rings (SSSR count). The third kappa shape index (κ3) is 2.09. The smallest absolute Gasteiger partial charge is 0.337 e. The van der Waals surface area contributed by atoms with E-state index in [0.29, 0.717) is 30.4 Å². The van der Waals surface area contributed by atoms with E-state index in [1.165, 1.54) is 0 Å². The third-order valence-corrected chi connectivity index (χ3v) is 7.46. The van der Waals surface area contributed by atoms with E-state index in [-0.39, 0.29) is 28.6 Å². The minimum absolute atomic E-state index is 0.0667. The summed E-state index contributed by atoms with van der Waals surface area (Å²) in [5.74, 6) is -0.871. The molecule has 3 aliphatic carbocycles. The number of carbonyl (C=O) groups excluding carboxylic acids is 2. The Bertz CT molecular complexity index is 747. The molecule has 1 heterocycles. The van der Waals surface area contributed by atoms with Gasteiger partial charge in [-0.1, -0.05) is 26.8 Å². The van der Waals surface area contributed by atoms with E-state index in [4.69, 9.17) is 4.74 Å². The van der Waals surface area contributed by atoms with Crippen LogP contribution in [0.2, 0.25) is 0 Å². The highest BCUT2D eigenvalue weighted by Gasteiger charge is 2.62. The minimum Gasteiger partial charge on any atom is -0.451 e. The highest BCUT2D eigenvalue weighted by molar-refractivity contribution is 5.93. The molecule has 2 fully saturated rings. The Labute approximate surface area is 152 Å². The van der Waals surface area contributed by atoms with Gasteiger partial charge in [-0.05, 0) is 29.7 Å². The van der Waals surface area contributed by atoms with Gasteiger partial charge in [0.25, 0.3) is 0 Å². The highest BCUT2D eigenvalue weighted by atomic mass is 16.6. The zero-order valence-electron chi connectivity index (χ0n) is 15.4. The molecule has 0 aromatic carbocycles. The van der Waals surface area contributed by atoms with Crippen molar-refractivity contribution in [2.75, 3.05) is 6.61 Å². The number of hydrogen-bond donors (Lipinski definition) is 3. The molecule has 0 amide bonds. The topological polar surface area (TPSA) is 104 Å². The van der Waals surface area contributed by atoms with Crippen molar-refractivity contribution in [1.82, 2.24) is 0 Å². The number of rotatable bonds is 1. The molecule has 0 spiro atoms. The van der Waals surface area contributed by atoms with E-state index in [9.17, 15) is 24.9 Å². The van der Waals surface area contributed by atoms with Crippen LogP contribution in [0.5, 0.6) is 0 Å². The largest absolute Gasteiger partial charge is 0.451 e. The van der Waals surface area contributed by atoms with Crippen LogP contribution in [0.15, 0.2) is 22.8 Å². The van der Waals surface area contributed by atoms with Crippen molar-refractivity contribution < 1.29 is 29.6 Å². The van der Waals surface area contributed by atoms with Gasteiger partial charge in [-0.2, -0.15) is 0 Å². The standard InChI is InChI=1S/C20H26O6/c1-19(2)13-7-12(22)10-6-9-11(8-21)18(25)26-17(9)16(24)15(10)20(13,3)5-4-14(19)23/h6,12-13,15-17,21-22,24H,4-5,7-8H2,1-3H3/t12-,13+,15-,16-,17-,20+/m0/s1. The summed E-state index contributed by atoms with van der Waals surface area (Å²) < 4.78 is 5.35. The molecule has 4 aliphatic rings. The molecule has 0 aromatic heterocycles. The Morgan fingerprint density at radius 2 is 1.92 bits per heavy atom. The lowest BCUT2D eigenvalue weighted by Gasteiger charge is -2.60. The number of aliphatic hydroxyl groups is 3. The lowest BCUT2D eigenvalue weighted by molar-refractivity contribution is -0.164. The molecule has 2 saturated carbocycles. The van der Waals surface area contributed by atoms with Crippen LogP contribution >= 0.6 is 0 Å². The second kappa shape index (κ2) is 5.50. The van der Waals surface area contributed by atoms with Crippen LogP contribution in [0, 0.1) is 22.7 Å². The Morgan fingerprint density at radius 3 is 2.58 bits per heavy atom. The van der Waals surface area contributed by atoms with Gasteiger partial charge in [0.1, 0.15) is 11.9 Å². The average molecular weight is 362 g/mol. The van der Waals surface area contributed by atoms with E-state index in [1.807, 2.05) is 13.8 Å². The summed E-state index contributed by atoms with van der Waals surface area (Å²) in [5, 5.41) is 31.5. The van der Waals surface area contributed by atoms with Gasteiger partial charge in [0.2, 0.25) is 0 Å². The summed E-state index contributed by atoms with van der Waals surface area (Å²) in [6, 6.07) is 0. The molecule has 6 heteroatoms. The van der Waals surface area contributed by atoms with Crippen molar-refractivity contribution >= 4 is 11.8 Å². The second-order valence-electron chi connectivity index (χ2n) is 8.99. The minimum atomic E-state index is -0.996. The van der Waals surface area contributed by atoms with Crippen molar-refractivity contribution in [2.45, 2.75) is 58.3 Å².